The average molecular weight is 350 g/mol. The molecule has 0 radical (unpaired) electrons. The van der Waals surface area contributed by atoms with Crippen LogP contribution in [0.25, 0.3) is 11.0 Å². The quantitative estimate of drug-likeness (QED) is 0.556. The van der Waals surface area contributed by atoms with Gasteiger partial charge in [-0.05, 0) is 50.2 Å². The van der Waals surface area contributed by atoms with E-state index in [0.717, 1.165) is 0 Å². The molecule has 0 atom stereocenters. The largest absolute Gasteiger partial charge is 0.463 e. The molecule has 132 valence electrons. The normalized spacial score (nSPS) is 10.4. The lowest BCUT2D eigenvalue weighted by atomic mass is 10.2. The topological polar surface area (TPSA) is 57.9 Å². The first-order valence-electron chi connectivity index (χ1n) is 7.92. The van der Waals surface area contributed by atoms with E-state index in [1.807, 2.05) is 0 Å². The van der Waals surface area contributed by atoms with E-state index >= 15 is 0 Å². The van der Waals surface area contributed by atoms with Crippen molar-refractivity contribution >= 4 is 11.0 Å². The summed E-state index contributed by atoms with van der Waals surface area (Å²) < 4.78 is 22.0. The van der Waals surface area contributed by atoms with Crippen molar-refractivity contribution < 1.29 is 18.6 Å². The van der Waals surface area contributed by atoms with Crippen LogP contribution < -0.4 is 19.6 Å². The fourth-order valence-electron chi connectivity index (χ4n) is 2.33. The van der Waals surface area contributed by atoms with Gasteiger partial charge in [0.15, 0.2) is 0 Å². The Morgan fingerprint density at radius 1 is 0.885 bits per heavy atom. The third-order valence-corrected chi connectivity index (χ3v) is 3.35. The number of fused-ring (bicyclic) bond motifs is 1. The number of ether oxygens (including phenoxy) is 3. The molecule has 3 rings (SSSR count). The van der Waals surface area contributed by atoms with Gasteiger partial charge in [-0.15, -0.1) is 0 Å². The highest BCUT2D eigenvalue weighted by Crippen LogP contribution is 2.26. The third-order valence-electron chi connectivity index (χ3n) is 3.35. The van der Waals surface area contributed by atoms with E-state index in [1.165, 1.54) is 6.26 Å². The van der Waals surface area contributed by atoms with Gasteiger partial charge in [0, 0.05) is 6.07 Å². The van der Waals surface area contributed by atoms with Gasteiger partial charge in [0.05, 0.1) is 16.9 Å². The van der Waals surface area contributed by atoms with Gasteiger partial charge >= 0.3 is 0 Å². The highest BCUT2D eigenvalue weighted by molar-refractivity contribution is 5.79. The molecule has 0 amide bonds. The van der Waals surface area contributed by atoms with Crippen molar-refractivity contribution in [3.63, 3.8) is 0 Å². The van der Waals surface area contributed by atoms with Crippen LogP contribution in [-0.2, 0) is 0 Å². The zero-order valence-electron chi connectivity index (χ0n) is 14.6. The summed E-state index contributed by atoms with van der Waals surface area (Å²) in [7, 11) is 0. The summed E-state index contributed by atoms with van der Waals surface area (Å²) in [6.45, 7) is 10.9. The van der Waals surface area contributed by atoms with Crippen LogP contribution in [0.3, 0.4) is 0 Å². The van der Waals surface area contributed by atoms with Crippen molar-refractivity contribution in [2.24, 2.45) is 0 Å². The molecule has 0 unspecified atom stereocenters. The molecule has 26 heavy (non-hydrogen) atoms. The predicted octanol–water partition coefficient (Wildman–Crippen LogP) is 5.41. The van der Waals surface area contributed by atoms with E-state index in [4.69, 9.17) is 18.6 Å². The lowest BCUT2D eigenvalue weighted by Gasteiger charge is -2.08. The highest BCUT2D eigenvalue weighted by Gasteiger charge is 2.10. The van der Waals surface area contributed by atoms with Crippen LogP contribution >= 0.6 is 0 Å². The van der Waals surface area contributed by atoms with Gasteiger partial charge in [-0.3, -0.25) is 4.79 Å². The minimum Gasteiger partial charge on any atom is -0.463 e. The van der Waals surface area contributed by atoms with Crippen molar-refractivity contribution in [2.45, 2.75) is 13.8 Å². The monoisotopic (exact) mass is 350 g/mol. The zero-order valence-corrected chi connectivity index (χ0v) is 14.6. The Morgan fingerprint density at radius 3 is 2.12 bits per heavy atom. The lowest BCUT2D eigenvalue weighted by molar-refractivity contribution is 0.424. The van der Waals surface area contributed by atoms with Crippen LogP contribution in [0.15, 0.2) is 82.6 Å². The van der Waals surface area contributed by atoms with E-state index in [1.54, 1.807) is 56.3 Å². The smallest absolute Gasteiger partial charge is 0.235 e. The van der Waals surface area contributed by atoms with E-state index in [0.29, 0.717) is 39.7 Å². The second kappa shape index (κ2) is 7.19. The van der Waals surface area contributed by atoms with Gasteiger partial charge in [0.25, 0.3) is 0 Å². The predicted molar refractivity (Wildman–Crippen MR) is 99.9 cm³/mol. The molecular weight excluding hydrogens is 332 g/mol. The maximum absolute atomic E-state index is 12.6. The number of hydrogen-bond acceptors (Lipinski definition) is 5. The first-order chi connectivity index (χ1) is 12.4. The SMILES string of the molecule is C=C(C)Oc1ccc(Oc2coc3cc(OC(=C)C)ccc3c2=O)cc1. The molecule has 0 spiro atoms. The van der Waals surface area contributed by atoms with Crippen LogP contribution in [0.1, 0.15) is 13.8 Å². The second-order valence-corrected chi connectivity index (χ2v) is 5.77. The van der Waals surface area contributed by atoms with Crippen molar-refractivity contribution in [1.82, 2.24) is 0 Å². The maximum atomic E-state index is 12.6. The van der Waals surface area contributed by atoms with Crippen molar-refractivity contribution in [2.75, 3.05) is 0 Å². The fourth-order valence-corrected chi connectivity index (χ4v) is 2.33. The summed E-state index contributed by atoms with van der Waals surface area (Å²) in [4.78, 5) is 12.6. The Bertz CT molecular complexity index is 1030. The van der Waals surface area contributed by atoms with Crippen molar-refractivity contribution in [1.29, 1.82) is 0 Å². The van der Waals surface area contributed by atoms with Gasteiger partial charge in [0.1, 0.15) is 29.1 Å². The standard InChI is InChI=1S/C21H18O5/c1-13(2)24-15-5-7-16(8-6-15)26-20-12-23-19-11-17(25-14(3)4)9-10-18(19)21(20)22/h5-12H,1,3H2,2,4H3. The van der Waals surface area contributed by atoms with Crippen LogP contribution in [0.2, 0.25) is 0 Å². The van der Waals surface area contributed by atoms with Crippen molar-refractivity contribution in [3.8, 4) is 23.0 Å². The number of hydrogen-bond donors (Lipinski definition) is 0. The van der Waals surface area contributed by atoms with E-state index < -0.39 is 0 Å². The molecule has 2 aromatic carbocycles. The van der Waals surface area contributed by atoms with Gasteiger partial charge in [-0.25, -0.2) is 0 Å². The Labute approximate surface area is 150 Å². The Balaban J connectivity index is 1.86. The summed E-state index contributed by atoms with van der Waals surface area (Å²) in [6, 6.07) is 11.8. The van der Waals surface area contributed by atoms with E-state index in [-0.39, 0.29) is 11.2 Å². The highest BCUT2D eigenvalue weighted by atomic mass is 16.5. The first kappa shape index (κ1) is 17.4. The molecule has 0 aliphatic carbocycles. The molecule has 1 aromatic heterocycles. The summed E-state index contributed by atoms with van der Waals surface area (Å²) >= 11 is 0. The molecule has 0 N–H and O–H groups in total. The lowest BCUT2D eigenvalue weighted by Crippen LogP contribution is -2.05. The fraction of sp³-hybridized carbons (Fsp3) is 0.0952. The minimum absolute atomic E-state index is 0.0969. The molecule has 0 aliphatic rings. The summed E-state index contributed by atoms with van der Waals surface area (Å²) in [5, 5.41) is 0.402. The van der Waals surface area contributed by atoms with Gasteiger partial charge in [0.2, 0.25) is 11.2 Å². The Morgan fingerprint density at radius 2 is 1.46 bits per heavy atom. The van der Waals surface area contributed by atoms with Gasteiger partial charge in [-0.1, -0.05) is 13.2 Å². The summed E-state index contributed by atoms with van der Waals surface area (Å²) in [6.07, 6.45) is 1.29. The third kappa shape index (κ3) is 3.95. The summed E-state index contributed by atoms with van der Waals surface area (Å²) in [5.41, 5.74) is 0.140. The number of allylic oxidation sites excluding steroid dienone is 2. The molecule has 0 aliphatic heterocycles. The molecule has 0 fully saturated rings. The average Bonchev–Trinajstić information content (AvgIpc) is 2.58. The zero-order chi connectivity index (χ0) is 18.7. The molecule has 1 heterocycles. The molecule has 3 aromatic rings. The van der Waals surface area contributed by atoms with Crippen LogP contribution in [0.4, 0.5) is 0 Å². The molecular formula is C21H18O5. The Kier molecular flexibility index (Phi) is 4.80. The van der Waals surface area contributed by atoms with Gasteiger partial charge < -0.3 is 18.6 Å². The molecule has 5 heteroatoms. The summed E-state index contributed by atoms with van der Waals surface area (Å²) in [5.74, 6) is 2.91. The molecule has 0 saturated heterocycles. The van der Waals surface area contributed by atoms with Gasteiger partial charge in [-0.2, -0.15) is 0 Å². The van der Waals surface area contributed by atoms with Crippen LogP contribution in [0.5, 0.6) is 23.0 Å². The van der Waals surface area contributed by atoms with Crippen LogP contribution in [0, 0.1) is 0 Å². The van der Waals surface area contributed by atoms with Crippen molar-refractivity contribution in [3.05, 3.63) is 83.6 Å². The number of rotatable bonds is 6. The molecule has 5 nitrogen and oxygen atoms in total. The second-order valence-electron chi connectivity index (χ2n) is 5.77. The maximum Gasteiger partial charge on any atom is 0.235 e. The minimum atomic E-state index is -0.268. The van der Waals surface area contributed by atoms with Crippen LogP contribution in [-0.4, -0.2) is 0 Å². The molecule has 0 bridgehead atoms. The molecule has 0 saturated carbocycles. The first-order valence-corrected chi connectivity index (χ1v) is 7.92. The Hall–Kier alpha value is -3.47. The van der Waals surface area contributed by atoms with E-state index in [9.17, 15) is 4.79 Å². The number of benzene rings is 2. The van der Waals surface area contributed by atoms with E-state index in [2.05, 4.69) is 13.2 Å².